The van der Waals surface area contributed by atoms with Gasteiger partial charge in [-0.3, -0.25) is 0 Å². The van der Waals surface area contributed by atoms with E-state index in [-0.39, 0.29) is 4.83 Å². The van der Waals surface area contributed by atoms with Gasteiger partial charge in [0.25, 0.3) is 0 Å². The Morgan fingerprint density at radius 1 is 0.882 bits per heavy atom. The molecule has 0 nitrogen and oxygen atoms in total. The Morgan fingerprint density at radius 2 is 1.47 bits per heavy atom. The average Bonchev–Trinajstić information content (AvgIpc) is 2.29. The molecule has 0 aliphatic rings. The first-order chi connectivity index (χ1) is 8.08. The molecule has 88 valence electrons. The summed E-state index contributed by atoms with van der Waals surface area (Å²) in [5, 5.41) is 0.754. The highest BCUT2D eigenvalue weighted by Gasteiger charge is 2.13. The highest BCUT2D eigenvalue weighted by atomic mass is 79.9. The van der Waals surface area contributed by atoms with Gasteiger partial charge in [-0.1, -0.05) is 77.6 Å². The van der Waals surface area contributed by atoms with Gasteiger partial charge in [0.15, 0.2) is 0 Å². The summed E-state index contributed by atoms with van der Waals surface area (Å²) in [6, 6.07) is 14.1. The Hall–Kier alpha value is 0.170. The van der Waals surface area contributed by atoms with E-state index in [0.717, 1.165) is 19.5 Å². The second-order valence-electron chi connectivity index (χ2n) is 3.58. The molecule has 2 aromatic carbocycles. The fourth-order valence-electron chi connectivity index (χ4n) is 1.52. The third-order valence-electron chi connectivity index (χ3n) is 2.40. The molecule has 0 N–H and O–H groups in total. The van der Waals surface area contributed by atoms with Crippen LogP contribution in [0.3, 0.4) is 0 Å². The van der Waals surface area contributed by atoms with Crippen LogP contribution in [0.2, 0.25) is 5.02 Å². The van der Waals surface area contributed by atoms with Crippen LogP contribution in [0.4, 0.5) is 0 Å². The lowest BCUT2D eigenvalue weighted by molar-refractivity contribution is 1.17. The van der Waals surface area contributed by atoms with E-state index >= 15 is 0 Å². The van der Waals surface area contributed by atoms with Crippen LogP contribution in [0.25, 0.3) is 0 Å². The fraction of sp³-hybridized carbons (Fsp3) is 0.0769. The van der Waals surface area contributed by atoms with Crippen molar-refractivity contribution in [1.29, 1.82) is 0 Å². The predicted octanol–water partition coefficient (Wildman–Crippen LogP) is 6.35. The van der Waals surface area contributed by atoms with Crippen molar-refractivity contribution in [2.24, 2.45) is 0 Å². The Labute approximate surface area is 131 Å². The lowest BCUT2D eigenvalue weighted by Crippen LogP contribution is -1.93. The lowest BCUT2D eigenvalue weighted by Gasteiger charge is -2.13. The Morgan fingerprint density at radius 3 is 2.06 bits per heavy atom. The van der Waals surface area contributed by atoms with Gasteiger partial charge in [-0.15, -0.1) is 0 Å². The highest BCUT2D eigenvalue weighted by Crippen LogP contribution is 2.36. The van der Waals surface area contributed by atoms with Gasteiger partial charge in [0.2, 0.25) is 0 Å². The first-order valence-corrected chi connectivity index (χ1v) is 7.80. The summed E-state index contributed by atoms with van der Waals surface area (Å²) < 4.78 is 2.06. The van der Waals surface area contributed by atoms with Gasteiger partial charge in [0.1, 0.15) is 0 Å². The van der Waals surface area contributed by atoms with Crippen molar-refractivity contribution >= 4 is 59.4 Å². The van der Waals surface area contributed by atoms with Crippen LogP contribution in [-0.2, 0) is 0 Å². The number of benzene rings is 2. The summed E-state index contributed by atoms with van der Waals surface area (Å²) in [4.78, 5) is 0.108. The van der Waals surface area contributed by atoms with Crippen LogP contribution in [0.1, 0.15) is 16.0 Å². The van der Waals surface area contributed by atoms with E-state index < -0.39 is 0 Å². The van der Waals surface area contributed by atoms with Crippen LogP contribution >= 0.6 is 59.4 Å². The Bertz CT molecular complexity index is 523. The minimum absolute atomic E-state index is 0.108. The van der Waals surface area contributed by atoms with Gasteiger partial charge >= 0.3 is 0 Å². The zero-order valence-corrected chi connectivity index (χ0v) is 14.1. The number of hydrogen-bond acceptors (Lipinski definition) is 0. The minimum atomic E-state index is 0.108. The molecule has 0 saturated heterocycles. The standard InChI is InChI=1S/C13H8Br3Cl/c14-9-3-1-8(2-4-9)13(16)11-6-5-10(15)7-12(11)17/h1-7,13H. The van der Waals surface area contributed by atoms with Crippen LogP contribution in [0.15, 0.2) is 51.4 Å². The monoisotopic (exact) mass is 436 g/mol. The van der Waals surface area contributed by atoms with Gasteiger partial charge in [0.05, 0.1) is 4.83 Å². The first-order valence-electron chi connectivity index (χ1n) is 4.92. The van der Waals surface area contributed by atoms with Crippen molar-refractivity contribution < 1.29 is 0 Å². The maximum Gasteiger partial charge on any atom is 0.0659 e. The maximum atomic E-state index is 6.24. The summed E-state index contributed by atoms with van der Waals surface area (Å²) in [7, 11) is 0. The van der Waals surface area contributed by atoms with Gasteiger partial charge in [0, 0.05) is 14.0 Å². The number of halogens is 4. The quantitative estimate of drug-likeness (QED) is 0.479. The lowest BCUT2D eigenvalue weighted by atomic mass is 10.1. The van der Waals surface area contributed by atoms with Crippen LogP contribution in [0.5, 0.6) is 0 Å². The SMILES string of the molecule is Clc1cc(Br)ccc1C(Br)c1ccc(Br)cc1. The Balaban J connectivity index is 2.36. The molecule has 0 radical (unpaired) electrons. The topological polar surface area (TPSA) is 0 Å². The molecule has 0 fully saturated rings. The molecule has 0 aromatic heterocycles. The first kappa shape index (κ1) is 13.6. The largest absolute Gasteiger partial charge is 0.0839 e. The summed E-state index contributed by atoms with van der Waals surface area (Å²) in [6.45, 7) is 0. The minimum Gasteiger partial charge on any atom is -0.0839 e. The normalized spacial score (nSPS) is 12.5. The fourth-order valence-corrected chi connectivity index (χ4v) is 3.40. The second-order valence-corrected chi connectivity index (χ2v) is 6.73. The molecule has 0 spiro atoms. The zero-order chi connectivity index (χ0) is 12.4. The zero-order valence-electron chi connectivity index (χ0n) is 8.63. The summed E-state index contributed by atoms with van der Waals surface area (Å²) in [6.07, 6.45) is 0. The second kappa shape index (κ2) is 5.87. The molecule has 0 aliphatic heterocycles. The molecule has 4 heteroatoms. The molecule has 1 atom stereocenters. The van der Waals surface area contributed by atoms with Crippen LogP contribution in [-0.4, -0.2) is 0 Å². The van der Waals surface area contributed by atoms with Gasteiger partial charge in [-0.25, -0.2) is 0 Å². The molecular formula is C13H8Br3Cl. The summed E-state index contributed by atoms with van der Waals surface area (Å²) >= 11 is 16.7. The third-order valence-corrected chi connectivity index (χ3v) is 4.77. The number of alkyl halides is 1. The molecule has 0 aliphatic carbocycles. The van der Waals surface area contributed by atoms with E-state index in [0.29, 0.717) is 0 Å². The number of rotatable bonds is 2. The molecule has 17 heavy (non-hydrogen) atoms. The predicted molar refractivity (Wildman–Crippen MR) is 84.1 cm³/mol. The van der Waals surface area contributed by atoms with Gasteiger partial charge in [-0.2, -0.15) is 0 Å². The van der Waals surface area contributed by atoms with E-state index in [4.69, 9.17) is 11.6 Å². The maximum absolute atomic E-state index is 6.24. The molecule has 1 unspecified atom stereocenters. The molecular weight excluding hydrogens is 431 g/mol. The molecule has 2 rings (SSSR count). The van der Waals surface area contributed by atoms with Crippen molar-refractivity contribution in [2.45, 2.75) is 4.83 Å². The van der Waals surface area contributed by atoms with Crippen LogP contribution in [0, 0.1) is 0 Å². The summed E-state index contributed by atoms with van der Waals surface area (Å²) in [5.74, 6) is 0. The molecule has 0 amide bonds. The van der Waals surface area contributed by atoms with E-state index in [1.54, 1.807) is 0 Å². The van der Waals surface area contributed by atoms with E-state index in [2.05, 4.69) is 59.9 Å². The van der Waals surface area contributed by atoms with Gasteiger partial charge < -0.3 is 0 Å². The average molecular weight is 439 g/mol. The van der Waals surface area contributed by atoms with Crippen molar-refractivity contribution in [3.63, 3.8) is 0 Å². The highest BCUT2D eigenvalue weighted by molar-refractivity contribution is 9.10. The molecule has 0 heterocycles. The van der Waals surface area contributed by atoms with Crippen molar-refractivity contribution in [3.8, 4) is 0 Å². The van der Waals surface area contributed by atoms with Crippen molar-refractivity contribution in [1.82, 2.24) is 0 Å². The smallest absolute Gasteiger partial charge is 0.0659 e. The van der Waals surface area contributed by atoms with E-state index in [1.807, 2.05) is 30.3 Å². The Kier molecular flexibility index (Phi) is 4.70. The molecule has 0 saturated carbocycles. The third kappa shape index (κ3) is 3.34. The van der Waals surface area contributed by atoms with Gasteiger partial charge in [-0.05, 0) is 35.4 Å². The van der Waals surface area contributed by atoms with Crippen LogP contribution < -0.4 is 0 Å². The number of hydrogen-bond donors (Lipinski definition) is 0. The van der Waals surface area contributed by atoms with Crippen molar-refractivity contribution in [2.75, 3.05) is 0 Å². The van der Waals surface area contributed by atoms with E-state index in [9.17, 15) is 0 Å². The van der Waals surface area contributed by atoms with Crippen molar-refractivity contribution in [3.05, 3.63) is 67.6 Å². The molecule has 2 aromatic rings. The van der Waals surface area contributed by atoms with E-state index in [1.165, 1.54) is 5.56 Å². The summed E-state index contributed by atoms with van der Waals surface area (Å²) in [5.41, 5.74) is 2.25. The molecule has 0 bridgehead atoms.